The Hall–Kier alpha value is -1.93. The van der Waals surface area contributed by atoms with Gasteiger partial charge in [0.25, 0.3) is 0 Å². The summed E-state index contributed by atoms with van der Waals surface area (Å²) < 4.78 is 26.2. The fourth-order valence-corrected chi connectivity index (χ4v) is 3.79. The average molecular weight is 384 g/mol. The third-order valence-electron chi connectivity index (χ3n) is 4.16. The molecule has 0 unspecified atom stereocenters. The first-order valence-corrected chi connectivity index (χ1v) is 10.4. The summed E-state index contributed by atoms with van der Waals surface area (Å²) in [4.78, 5) is 23.6. The Balaban J connectivity index is 2.58. The maximum atomic E-state index is 12.4. The van der Waals surface area contributed by atoms with Crippen LogP contribution in [0.5, 0.6) is 0 Å². The minimum absolute atomic E-state index is 0.0476. The van der Waals surface area contributed by atoms with E-state index in [2.05, 4.69) is 10.6 Å². The molecule has 1 aromatic carbocycles. The molecular weight excluding hydrogens is 354 g/mol. The number of nitrogens with zero attached hydrogens (tertiary/aromatic N) is 1. The number of nitrogens with one attached hydrogen (secondary N) is 2. The lowest BCUT2D eigenvalue weighted by molar-refractivity contribution is -0.139. The molecule has 8 heteroatoms. The third-order valence-corrected chi connectivity index (χ3v) is 6.23. The van der Waals surface area contributed by atoms with Crippen molar-refractivity contribution >= 4 is 21.8 Å². The van der Waals surface area contributed by atoms with Crippen LogP contribution in [0.2, 0.25) is 0 Å². The topological polar surface area (TPSA) is 95.6 Å². The molecule has 0 aliphatic heterocycles. The van der Waals surface area contributed by atoms with Crippen molar-refractivity contribution in [3.8, 4) is 0 Å². The van der Waals surface area contributed by atoms with Crippen molar-refractivity contribution in [2.75, 3.05) is 19.6 Å². The first-order valence-electron chi connectivity index (χ1n) is 8.93. The Kier molecular flexibility index (Phi) is 8.74. The van der Waals surface area contributed by atoms with Gasteiger partial charge in [-0.3, -0.25) is 9.59 Å². The minimum atomic E-state index is -3.47. The zero-order valence-corrected chi connectivity index (χ0v) is 16.7. The second-order valence-corrected chi connectivity index (χ2v) is 7.96. The van der Waals surface area contributed by atoms with Crippen LogP contribution in [-0.4, -0.2) is 50.2 Å². The Morgan fingerprint density at radius 1 is 1.04 bits per heavy atom. The zero-order chi connectivity index (χ0) is 19.7. The van der Waals surface area contributed by atoms with Gasteiger partial charge in [0.1, 0.15) is 0 Å². The van der Waals surface area contributed by atoms with Crippen LogP contribution >= 0.6 is 0 Å². The maximum absolute atomic E-state index is 12.4. The van der Waals surface area contributed by atoms with E-state index in [1.165, 1.54) is 4.31 Å². The highest BCUT2D eigenvalue weighted by Crippen LogP contribution is 2.16. The first kappa shape index (κ1) is 22.1. The van der Waals surface area contributed by atoms with Crippen LogP contribution in [0.4, 0.5) is 0 Å². The van der Waals surface area contributed by atoms with Crippen molar-refractivity contribution in [1.82, 2.24) is 14.9 Å². The number of sulfonamides is 1. The molecule has 0 heterocycles. The number of hydrogen-bond donors (Lipinski definition) is 2. The van der Waals surface area contributed by atoms with Gasteiger partial charge in [-0.05, 0) is 37.5 Å². The van der Waals surface area contributed by atoms with Crippen LogP contribution in [0, 0.1) is 0 Å². The lowest BCUT2D eigenvalue weighted by Gasteiger charge is -2.18. The van der Waals surface area contributed by atoms with E-state index >= 15 is 0 Å². The summed E-state index contributed by atoms with van der Waals surface area (Å²) in [5.74, 6) is -1.30. The van der Waals surface area contributed by atoms with E-state index in [4.69, 9.17) is 0 Å². The molecule has 0 aromatic heterocycles. The molecule has 1 aromatic rings. The summed E-state index contributed by atoms with van der Waals surface area (Å²) in [5, 5.41) is 5.17. The molecule has 0 bridgehead atoms. The lowest BCUT2D eigenvalue weighted by atomic mass is 10.1. The number of amides is 2. The Bertz CT molecular complexity index is 698. The van der Waals surface area contributed by atoms with Crippen LogP contribution in [0.15, 0.2) is 29.2 Å². The fourth-order valence-electron chi connectivity index (χ4n) is 2.33. The molecule has 0 radical (unpaired) electrons. The quantitative estimate of drug-likeness (QED) is 0.628. The predicted octanol–water partition coefficient (Wildman–Crippen LogP) is 1.29. The van der Waals surface area contributed by atoms with Gasteiger partial charge in [-0.25, -0.2) is 8.42 Å². The highest BCUT2D eigenvalue weighted by molar-refractivity contribution is 7.89. The largest absolute Gasteiger partial charge is 0.348 e. The van der Waals surface area contributed by atoms with E-state index < -0.39 is 21.8 Å². The third kappa shape index (κ3) is 6.10. The molecular formula is C18H29N3O4S. The van der Waals surface area contributed by atoms with Gasteiger partial charge in [0.2, 0.25) is 10.0 Å². The van der Waals surface area contributed by atoms with Gasteiger partial charge >= 0.3 is 11.8 Å². The molecule has 0 saturated carbocycles. The summed E-state index contributed by atoms with van der Waals surface area (Å²) in [7, 11) is -3.47. The SMILES string of the molecule is CC[C@@H](C)NC(=O)C(=O)NCCc1ccc(S(=O)(=O)N(CC)CC)cc1. The Morgan fingerprint density at radius 2 is 1.62 bits per heavy atom. The average Bonchev–Trinajstić information content (AvgIpc) is 2.62. The summed E-state index contributed by atoms with van der Waals surface area (Å²) in [5.41, 5.74) is 0.881. The van der Waals surface area contributed by atoms with E-state index in [9.17, 15) is 18.0 Å². The standard InChI is InChI=1S/C18H29N3O4S/c1-5-14(4)20-18(23)17(22)19-13-12-15-8-10-16(11-9-15)26(24,25)21(6-2)7-3/h8-11,14H,5-7,12-13H2,1-4H3,(H,19,22)(H,20,23)/t14-/m1/s1. The van der Waals surface area contributed by atoms with Crippen molar-refractivity contribution < 1.29 is 18.0 Å². The Morgan fingerprint density at radius 3 is 2.12 bits per heavy atom. The number of hydrogen-bond acceptors (Lipinski definition) is 4. The molecule has 26 heavy (non-hydrogen) atoms. The van der Waals surface area contributed by atoms with Crippen LogP contribution < -0.4 is 10.6 Å². The summed E-state index contributed by atoms with van der Waals surface area (Å²) >= 11 is 0. The Labute approximate surface area is 156 Å². The molecule has 7 nitrogen and oxygen atoms in total. The maximum Gasteiger partial charge on any atom is 0.309 e. The van der Waals surface area contributed by atoms with Crippen molar-refractivity contribution in [2.24, 2.45) is 0 Å². The number of carbonyl (C=O) groups excluding carboxylic acids is 2. The van der Waals surface area contributed by atoms with Gasteiger partial charge in [-0.2, -0.15) is 4.31 Å². The fraction of sp³-hybridized carbons (Fsp3) is 0.556. The second-order valence-electron chi connectivity index (χ2n) is 6.02. The summed E-state index contributed by atoms with van der Waals surface area (Å²) in [6, 6.07) is 6.54. The lowest BCUT2D eigenvalue weighted by Crippen LogP contribution is -2.43. The molecule has 2 amide bonds. The van der Waals surface area contributed by atoms with E-state index in [0.717, 1.165) is 12.0 Å². The number of benzene rings is 1. The molecule has 0 fully saturated rings. The summed E-state index contributed by atoms with van der Waals surface area (Å²) in [6.45, 7) is 8.50. The van der Waals surface area contributed by atoms with Gasteiger partial charge in [0, 0.05) is 25.7 Å². The number of carbonyl (C=O) groups is 2. The molecule has 0 saturated heterocycles. The molecule has 1 rings (SSSR count). The first-order chi connectivity index (χ1) is 12.3. The van der Waals surface area contributed by atoms with E-state index in [0.29, 0.717) is 26.1 Å². The monoisotopic (exact) mass is 383 g/mol. The van der Waals surface area contributed by atoms with Crippen molar-refractivity contribution in [3.05, 3.63) is 29.8 Å². The second kappa shape index (κ2) is 10.3. The minimum Gasteiger partial charge on any atom is -0.348 e. The normalized spacial score (nSPS) is 12.7. The molecule has 0 aliphatic rings. The van der Waals surface area contributed by atoms with Crippen molar-refractivity contribution in [1.29, 1.82) is 0 Å². The highest BCUT2D eigenvalue weighted by Gasteiger charge is 2.21. The molecule has 0 spiro atoms. The smallest absolute Gasteiger partial charge is 0.309 e. The molecule has 2 N–H and O–H groups in total. The van der Waals surface area contributed by atoms with E-state index in [1.807, 2.05) is 13.8 Å². The number of rotatable bonds is 9. The van der Waals surface area contributed by atoms with Crippen molar-refractivity contribution in [2.45, 2.75) is 51.5 Å². The van der Waals surface area contributed by atoms with Gasteiger partial charge < -0.3 is 10.6 Å². The van der Waals surface area contributed by atoms with E-state index in [-0.39, 0.29) is 10.9 Å². The zero-order valence-electron chi connectivity index (χ0n) is 15.9. The predicted molar refractivity (Wildman–Crippen MR) is 101 cm³/mol. The van der Waals surface area contributed by atoms with Crippen LogP contribution in [0.1, 0.15) is 39.7 Å². The van der Waals surface area contributed by atoms with Gasteiger partial charge in [-0.1, -0.05) is 32.9 Å². The van der Waals surface area contributed by atoms with Gasteiger partial charge in [0.15, 0.2) is 0 Å². The molecule has 146 valence electrons. The van der Waals surface area contributed by atoms with E-state index in [1.54, 1.807) is 38.1 Å². The highest BCUT2D eigenvalue weighted by atomic mass is 32.2. The van der Waals surface area contributed by atoms with Crippen LogP contribution in [-0.2, 0) is 26.0 Å². The van der Waals surface area contributed by atoms with Gasteiger partial charge in [-0.15, -0.1) is 0 Å². The van der Waals surface area contributed by atoms with Crippen molar-refractivity contribution in [3.63, 3.8) is 0 Å². The molecule has 0 aliphatic carbocycles. The van der Waals surface area contributed by atoms with Crippen LogP contribution in [0.25, 0.3) is 0 Å². The summed E-state index contributed by atoms with van der Waals surface area (Å²) in [6.07, 6.45) is 1.26. The van der Waals surface area contributed by atoms with Crippen LogP contribution in [0.3, 0.4) is 0 Å². The van der Waals surface area contributed by atoms with Gasteiger partial charge in [0.05, 0.1) is 4.90 Å². The molecule has 1 atom stereocenters.